The summed E-state index contributed by atoms with van der Waals surface area (Å²) in [6, 6.07) is 0.281. The van der Waals surface area contributed by atoms with Gasteiger partial charge < -0.3 is 10.4 Å². The zero-order valence-electron chi connectivity index (χ0n) is 13.2. The van der Waals surface area contributed by atoms with Gasteiger partial charge in [-0.1, -0.05) is 39.0 Å². The largest absolute Gasteiger partial charge is 0.481 e. The molecule has 0 aromatic carbocycles. The van der Waals surface area contributed by atoms with Crippen LogP contribution in [-0.4, -0.2) is 23.0 Å². The van der Waals surface area contributed by atoms with Crippen LogP contribution in [0, 0.1) is 11.3 Å². The summed E-state index contributed by atoms with van der Waals surface area (Å²) >= 11 is 0. The van der Waals surface area contributed by atoms with Crippen molar-refractivity contribution < 1.29 is 14.7 Å². The Morgan fingerprint density at radius 2 is 1.71 bits per heavy atom. The monoisotopic (exact) mass is 295 g/mol. The molecule has 2 atom stereocenters. The third-order valence-electron chi connectivity index (χ3n) is 5.43. The molecule has 120 valence electrons. The lowest BCUT2D eigenvalue weighted by Gasteiger charge is -2.29. The van der Waals surface area contributed by atoms with Gasteiger partial charge in [0.2, 0.25) is 5.91 Å². The molecule has 0 radical (unpaired) electrons. The van der Waals surface area contributed by atoms with Crippen LogP contribution in [0.25, 0.3) is 0 Å². The lowest BCUT2D eigenvalue weighted by molar-refractivity contribution is -0.140. The van der Waals surface area contributed by atoms with Gasteiger partial charge in [-0.2, -0.15) is 0 Å². The molecule has 4 heteroatoms. The van der Waals surface area contributed by atoms with Gasteiger partial charge in [0.25, 0.3) is 0 Å². The van der Waals surface area contributed by atoms with E-state index >= 15 is 0 Å². The van der Waals surface area contributed by atoms with Crippen LogP contribution in [0.4, 0.5) is 0 Å². The van der Waals surface area contributed by atoms with Gasteiger partial charge in [-0.3, -0.25) is 9.59 Å². The topological polar surface area (TPSA) is 66.4 Å². The highest BCUT2D eigenvalue weighted by atomic mass is 16.4. The molecule has 2 aliphatic carbocycles. The minimum atomic E-state index is -0.771. The Morgan fingerprint density at radius 1 is 1.05 bits per heavy atom. The summed E-state index contributed by atoms with van der Waals surface area (Å²) in [5.74, 6) is -0.167. The highest BCUT2D eigenvalue weighted by molar-refractivity contribution is 5.78. The summed E-state index contributed by atoms with van der Waals surface area (Å²) in [5.41, 5.74) is -0.288. The van der Waals surface area contributed by atoms with E-state index in [4.69, 9.17) is 5.11 Å². The van der Waals surface area contributed by atoms with E-state index in [9.17, 15) is 9.59 Å². The number of amides is 1. The molecule has 0 aromatic heterocycles. The van der Waals surface area contributed by atoms with Crippen LogP contribution in [0.1, 0.15) is 77.6 Å². The molecule has 0 spiro atoms. The predicted molar refractivity (Wildman–Crippen MR) is 82.0 cm³/mol. The lowest BCUT2D eigenvalue weighted by Crippen LogP contribution is -2.41. The number of carbonyl (C=O) groups excluding carboxylic acids is 1. The Labute approximate surface area is 127 Å². The number of hydrogen-bond acceptors (Lipinski definition) is 2. The normalized spacial score (nSPS) is 28.8. The van der Waals surface area contributed by atoms with Crippen molar-refractivity contribution in [2.45, 2.75) is 83.6 Å². The van der Waals surface area contributed by atoms with E-state index in [-0.39, 0.29) is 23.8 Å². The van der Waals surface area contributed by atoms with Crippen molar-refractivity contribution in [3.8, 4) is 0 Å². The Balaban J connectivity index is 1.91. The van der Waals surface area contributed by atoms with Crippen LogP contribution < -0.4 is 5.32 Å². The summed E-state index contributed by atoms with van der Waals surface area (Å²) in [6.45, 7) is 2.22. The minimum absolute atomic E-state index is 0.0666. The van der Waals surface area contributed by atoms with E-state index in [1.54, 1.807) is 0 Å². The molecule has 0 saturated heterocycles. The van der Waals surface area contributed by atoms with Gasteiger partial charge in [-0.25, -0.2) is 0 Å². The van der Waals surface area contributed by atoms with E-state index in [2.05, 4.69) is 12.2 Å². The van der Waals surface area contributed by atoms with E-state index in [0.717, 1.165) is 32.1 Å². The molecule has 2 aliphatic rings. The van der Waals surface area contributed by atoms with Gasteiger partial charge >= 0.3 is 5.97 Å². The van der Waals surface area contributed by atoms with Crippen LogP contribution in [-0.2, 0) is 9.59 Å². The number of nitrogens with one attached hydrogen (secondary N) is 1. The summed E-state index contributed by atoms with van der Waals surface area (Å²) in [6.07, 6.45) is 10.4. The maximum atomic E-state index is 12.4. The second-order valence-corrected chi connectivity index (χ2v) is 7.24. The lowest BCUT2D eigenvalue weighted by atomic mass is 9.79. The molecule has 0 aliphatic heterocycles. The molecule has 2 fully saturated rings. The molecule has 2 unspecified atom stereocenters. The average Bonchev–Trinajstić information content (AvgIpc) is 2.74. The smallest absolute Gasteiger partial charge is 0.303 e. The first-order chi connectivity index (χ1) is 10.0. The van der Waals surface area contributed by atoms with Gasteiger partial charge in [0.15, 0.2) is 0 Å². The van der Waals surface area contributed by atoms with Gasteiger partial charge in [0, 0.05) is 12.5 Å². The number of carboxylic acid groups (broad SMARTS) is 1. The fourth-order valence-corrected chi connectivity index (χ4v) is 4.17. The first-order valence-corrected chi connectivity index (χ1v) is 8.52. The highest BCUT2D eigenvalue weighted by Gasteiger charge is 2.38. The maximum absolute atomic E-state index is 12.4. The first-order valence-electron chi connectivity index (χ1n) is 8.52. The van der Waals surface area contributed by atoms with Crippen LogP contribution in [0.5, 0.6) is 0 Å². The number of hydrogen-bond donors (Lipinski definition) is 2. The van der Waals surface area contributed by atoms with Crippen LogP contribution in [0.15, 0.2) is 0 Å². The third-order valence-corrected chi connectivity index (χ3v) is 5.43. The second-order valence-electron chi connectivity index (χ2n) is 7.24. The molecule has 2 rings (SSSR count). The molecule has 0 heterocycles. The molecule has 4 nitrogen and oxygen atoms in total. The first kappa shape index (κ1) is 16.3. The SMILES string of the molecule is CC1CCCCCC1NC(=O)CC1(CC(=O)O)CCCC1. The number of carbonyl (C=O) groups is 2. The Morgan fingerprint density at radius 3 is 2.38 bits per heavy atom. The quantitative estimate of drug-likeness (QED) is 0.763. The van der Waals surface area contributed by atoms with E-state index < -0.39 is 5.97 Å². The van der Waals surface area contributed by atoms with Gasteiger partial charge in [-0.05, 0) is 37.0 Å². The fraction of sp³-hybridized carbons (Fsp3) is 0.882. The van der Waals surface area contributed by atoms with Gasteiger partial charge in [0.05, 0.1) is 6.42 Å². The molecule has 0 aromatic rings. The zero-order valence-corrected chi connectivity index (χ0v) is 13.2. The van der Waals surface area contributed by atoms with Crippen molar-refractivity contribution in [3.05, 3.63) is 0 Å². The van der Waals surface area contributed by atoms with Crippen molar-refractivity contribution >= 4 is 11.9 Å². The van der Waals surface area contributed by atoms with Crippen molar-refractivity contribution in [2.24, 2.45) is 11.3 Å². The number of rotatable bonds is 5. The Kier molecular flexibility index (Phi) is 5.65. The van der Waals surface area contributed by atoms with Crippen molar-refractivity contribution in [2.75, 3.05) is 0 Å². The summed E-state index contributed by atoms with van der Waals surface area (Å²) in [7, 11) is 0. The molecule has 21 heavy (non-hydrogen) atoms. The van der Waals surface area contributed by atoms with E-state index in [1.165, 1.54) is 25.7 Å². The minimum Gasteiger partial charge on any atom is -0.481 e. The molecular weight excluding hydrogens is 266 g/mol. The fourth-order valence-electron chi connectivity index (χ4n) is 4.17. The van der Waals surface area contributed by atoms with E-state index in [0.29, 0.717) is 12.3 Å². The van der Waals surface area contributed by atoms with Crippen LogP contribution in [0.2, 0.25) is 0 Å². The highest BCUT2D eigenvalue weighted by Crippen LogP contribution is 2.44. The van der Waals surface area contributed by atoms with Crippen LogP contribution in [0.3, 0.4) is 0 Å². The van der Waals surface area contributed by atoms with E-state index in [1.807, 2.05) is 0 Å². The summed E-state index contributed by atoms with van der Waals surface area (Å²) in [4.78, 5) is 23.5. The maximum Gasteiger partial charge on any atom is 0.303 e. The number of carboxylic acids is 1. The molecule has 0 bridgehead atoms. The van der Waals surface area contributed by atoms with Crippen molar-refractivity contribution in [1.29, 1.82) is 0 Å². The van der Waals surface area contributed by atoms with Gasteiger partial charge in [0.1, 0.15) is 0 Å². The molecule has 2 N–H and O–H groups in total. The second kappa shape index (κ2) is 7.28. The summed E-state index contributed by atoms with van der Waals surface area (Å²) in [5, 5.41) is 12.3. The summed E-state index contributed by atoms with van der Waals surface area (Å²) < 4.78 is 0. The standard InChI is InChI=1S/C17H29NO3/c1-13-7-3-2-4-8-14(13)18-15(19)11-17(12-16(20)21)9-5-6-10-17/h13-14H,2-12H2,1H3,(H,18,19)(H,20,21). The van der Waals surface area contributed by atoms with Crippen LogP contribution >= 0.6 is 0 Å². The van der Waals surface area contributed by atoms with Crippen molar-refractivity contribution in [3.63, 3.8) is 0 Å². The zero-order chi connectivity index (χ0) is 15.3. The Bertz CT molecular complexity index is 374. The molecule has 1 amide bonds. The molecule has 2 saturated carbocycles. The third kappa shape index (κ3) is 4.72. The number of aliphatic carboxylic acids is 1. The Hall–Kier alpha value is -1.06. The molecular formula is C17H29NO3. The predicted octanol–water partition coefficient (Wildman–Crippen LogP) is 3.50. The van der Waals surface area contributed by atoms with Gasteiger partial charge in [-0.15, -0.1) is 0 Å². The van der Waals surface area contributed by atoms with Crippen molar-refractivity contribution in [1.82, 2.24) is 5.32 Å². The average molecular weight is 295 g/mol.